The molecule has 5 N–H and O–H groups in total. The molecule has 0 saturated heterocycles. The van der Waals surface area contributed by atoms with Crippen LogP contribution in [0.15, 0.2) is 12.2 Å². The normalized spacial score (nSPS) is 23.4. The number of esters is 1. The molecule has 6 heteroatoms. The molecular weight excluding hydrogens is 272 g/mol. The monoisotopic (exact) mass is 298 g/mol. The molecule has 2 unspecified atom stereocenters. The lowest BCUT2D eigenvalue weighted by molar-refractivity contribution is -0.149. The van der Waals surface area contributed by atoms with Crippen molar-refractivity contribution in [2.45, 2.75) is 69.6 Å². The van der Waals surface area contributed by atoms with Crippen molar-refractivity contribution in [2.75, 3.05) is 0 Å². The Labute approximate surface area is 125 Å². The first-order chi connectivity index (χ1) is 10.0. The molecule has 0 spiro atoms. The molecule has 1 aliphatic carbocycles. The number of carboxylic acid groups (broad SMARTS) is 1. The Morgan fingerprint density at radius 3 is 2.62 bits per heavy atom. The van der Waals surface area contributed by atoms with Crippen molar-refractivity contribution in [2.24, 2.45) is 11.5 Å². The number of hydrogen-bond acceptors (Lipinski definition) is 5. The number of allylic oxidation sites excluding steroid dienone is 1. The first-order valence-corrected chi connectivity index (χ1v) is 7.62. The fraction of sp³-hybridized carbons (Fsp3) is 0.733. The third-order valence-electron chi connectivity index (χ3n) is 3.63. The van der Waals surface area contributed by atoms with Crippen molar-refractivity contribution >= 4 is 11.9 Å². The van der Waals surface area contributed by atoms with E-state index in [1.54, 1.807) is 0 Å². The molecule has 0 aromatic carbocycles. The molecule has 0 amide bonds. The standard InChI is InChI=1S/C15H26N2O4/c16-12(14(18)19)9-6-10-13(17)15(20)21-11-7-4-2-1-3-5-8-11/h4,7,11-13H,1-3,5-6,8-10,16-17H2,(H,18,19)/b7-4+/t11?,12-,13?/m0/s1. The average Bonchev–Trinajstić information content (AvgIpc) is 2.41. The van der Waals surface area contributed by atoms with Gasteiger partial charge in [-0.3, -0.25) is 9.59 Å². The number of carbonyl (C=O) groups is 2. The van der Waals surface area contributed by atoms with E-state index in [-0.39, 0.29) is 6.10 Å². The van der Waals surface area contributed by atoms with Crippen molar-refractivity contribution in [3.05, 3.63) is 12.2 Å². The number of ether oxygens (including phenoxy) is 1. The summed E-state index contributed by atoms with van der Waals surface area (Å²) in [6, 6.07) is -1.62. The fourth-order valence-electron chi connectivity index (χ4n) is 2.26. The van der Waals surface area contributed by atoms with Gasteiger partial charge in [-0.25, -0.2) is 0 Å². The lowest BCUT2D eigenvalue weighted by Crippen LogP contribution is -2.35. The lowest BCUT2D eigenvalue weighted by atomic mass is 10.0. The summed E-state index contributed by atoms with van der Waals surface area (Å²) in [5.74, 6) is -1.46. The highest BCUT2D eigenvalue weighted by Gasteiger charge is 2.20. The first-order valence-electron chi connectivity index (χ1n) is 7.62. The molecule has 0 heterocycles. The van der Waals surface area contributed by atoms with Gasteiger partial charge < -0.3 is 21.3 Å². The summed E-state index contributed by atoms with van der Waals surface area (Å²) in [5.41, 5.74) is 11.2. The van der Waals surface area contributed by atoms with Crippen LogP contribution in [0.2, 0.25) is 0 Å². The molecule has 0 saturated carbocycles. The van der Waals surface area contributed by atoms with Crippen LogP contribution < -0.4 is 11.5 Å². The molecular formula is C15H26N2O4. The molecule has 6 nitrogen and oxygen atoms in total. The number of hydrogen-bond donors (Lipinski definition) is 3. The molecule has 3 atom stereocenters. The van der Waals surface area contributed by atoms with Crippen LogP contribution in [0, 0.1) is 0 Å². The zero-order valence-electron chi connectivity index (χ0n) is 12.4. The molecule has 0 radical (unpaired) electrons. The molecule has 0 fully saturated rings. The molecule has 21 heavy (non-hydrogen) atoms. The minimum absolute atomic E-state index is 0.190. The van der Waals surface area contributed by atoms with E-state index in [0.29, 0.717) is 19.3 Å². The van der Waals surface area contributed by atoms with Gasteiger partial charge in [0.25, 0.3) is 0 Å². The van der Waals surface area contributed by atoms with E-state index in [2.05, 4.69) is 6.08 Å². The maximum atomic E-state index is 11.9. The van der Waals surface area contributed by atoms with Gasteiger partial charge in [0.2, 0.25) is 0 Å². The Morgan fingerprint density at radius 2 is 1.90 bits per heavy atom. The second-order valence-electron chi connectivity index (χ2n) is 5.52. The summed E-state index contributed by atoms with van der Waals surface area (Å²) >= 11 is 0. The van der Waals surface area contributed by atoms with Crippen LogP contribution in [0.3, 0.4) is 0 Å². The predicted molar refractivity (Wildman–Crippen MR) is 79.5 cm³/mol. The van der Waals surface area contributed by atoms with Crippen LogP contribution in [0.4, 0.5) is 0 Å². The zero-order chi connectivity index (χ0) is 15.7. The summed E-state index contributed by atoms with van der Waals surface area (Å²) in [6.07, 6.45) is 10.2. The Kier molecular flexibility index (Phi) is 8.00. The Bertz CT molecular complexity index is 371. The largest absolute Gasteiger partial charge is 0.480 e. The summed E-state index contributed by atoms with van der Waals surface area (Å²) < 4.78 is 5.40. The predicted octanol–water partition coefficient (Wildman–Crippen LogP) is 1.33. The summed E-state index contributed by atoms with van der Waals surface area (Å²) in [4.78, 5) is 22.5. The average molecular weight is 298 g/mol. The SMILES string of the molecule is NC(CCC[C@H](N)C(=O)O)C(=O)OC1/C=C/CCCCC1. The van der Waals surface area contributed by atoms with Crippen molar-refractivity contribution in [3.63, 3.8) is 0 Å². The lowest BCUT2D eigenvalue weighted by Gasteiger charge is -2.19. The maximum absolute atomic E-state index is 11.9. The van der Waals surface area contributed by atoms with Gasteiger partial charge in [-0.05, 0) is 51.0 Å². The molecule has 1 rings (SSSR count). The highest BCUT2D eigenvalue weighted by atomic mass is 16.5. The topological polar surface area (TPSA) is 116 Å². The number of rotatable bonds is 7. The fourth-order valence-corrected chi connectivity index (χ4v) is 2.26. The van der Waals surface area contributed by atoms with Gasteiger partial charge in [-0.2, -0.15) is 0 Å². The zero-order valence-corrected chi connectivity index (χ0v) is 12.4. The number of carboxylic acids is 1. The number of nitrogens with two attached hydrogens (primary N) is 2. The van der Waals surface area contributed by atoms with Crippen LogP contribution in [0.5, 0.6) is 0 Å². The van der Waals surface area contributed by atoms with Gasteiger partial charge >= 0.3 is 11.9 Å². The van der Waals surface area contributed by atoms with Crippen molar-refractivity contribution in [1.29, 1.82) is 0 Å². The number of aliphatic carboxylic acids is 1. The highest BCUT2D eigenvalue weighted by molar-refractivity contribution is 5.75. The summed E-state index contributed by atoms with van der Waals surface area (Å²) in [7, 11) is 0. The van der Waals surface area contributed by atoms with Crippen molar-refractivity contribution < 1.29 is 19.4 Å². The molecule has 0 aromatic rings. The third kappa shape index (κ3) is 7.24. The minimum atomic E-state index is -1.04. The Hall–Kier alpha value is -1.40. The third-order valence-corrected chi connectivity index (χ3v) is 3.63. The van der Waals surface area contributed by atoms with Gasteiger partial charge in [0, 0.05) is 0 Å². The van der Waals surface area contributed by atoms with E-state index < -0.39 is 24.0 Å². The molecule has 120 valence electrons. The second-order valence-corrected chi connectivity index (χ2v) is 5.52. The number of carbonyl (C=O) groups excluding carboxylic acids is 1. The van der Waals surface area contributed by atoms with E-state index in [9.17, 15) is 9.59 Å². The van der Waals surface area contributed by atoms with E-state index in [4.69, 9.17) is 21.3 Å². The van der Waals surface area contributed by atoms with E-state index in [1.165, 1.54) is 6.42 Å². The van der Waals surface area contributed by atoms with Gasteiger partial charge in [-0.1, -0.05) is 12.5 Å². The van der Waals surface area contributed by atoms with Crippen LogP contribution >= 0.6 is 0 Å². The summed E-state index contributed by atoms with van der Waals surface area (Å²) in [5, 5.41) is 8.67. The van der Waals surface area contributed by atoms with E-state index in [1.807, 2.05) is 6.08 Å². The van der Waals surface area contributed by atoms with Crippen molar-refractivity contribution in [1.82, 2.24) is 0 Å². The van der Waals surface area contributed by atoms with E-state index >= 15 is 0 Å². The summed E-state index contributed by atoms with van der Waals surface area (Å²) in [6.45, 7) is 0. The van der Waals surface area contributed by atoms with Crippen LogP contribution in [0.1, 0.15) is 51.4 Å². The van der Waals surface area contributed by atoms with Gasteiger partial charge in [-0.15, -0.1) is 0 Å². The first kappa shape index (κ1) is 17.7. The van der Waals surface area contributed by atoms with Crippen LogP contribution in [-0.2, 0) is 14.3 Å². The van der Waals surface area contributed by atoms with E-state index in [0.717, 1.165) is 25.7 Å². The minimum Gasteiger partial charge on any atom is -0.480 e. The van der Waals surface area contributed by atoms with Gasteiger partial charge in [0.15, 0.2) is 0 Å². The Morgan fingerprint density at radius 1 is 1.19 bits per heavy atom. The highest BCUT2D eigenvalue weighted by Crippen LogP contribution is 2.15. The second kappa shape index (κ2) is 9.52. The molecule has 0 aliphatic heterocycles. The smallest absolute Gasteiger partial charge is 0.323 e. The van der Waals surface area contributed by atoms with Crippen LogP contribution in [-0.4, -0.2) is 35.2 Å². The van der Waals surface area contributed by atoms with Crippen molar-refractivity contribution in [3.8, 4) is 0 Å². The quantitative estimate of drug-likeness (QED) is 0.482. The maximum Gasteiger partial charge on any atom is 0.323 e. The Balaban J connectivity index is 2.29. The van der Waals surface area contributed by atoms with Gasteiger partial charge in [0.05, 0.1) is 0 Å². The van der Waals surface area contributed by atoms with Crippen LogP contribution in [0.25, 0.3) is 0 Å². The molecule has 0 aromatic heterocycles. The van der Waals surface area contributed by atoms with Gasteiger partial charge in [0.1, 0.15) is 18.2 Å². The molecule has 1 aliphatic rings. The molecule has 0 bridgehead atoms.